The molecule has 0 spiro atoms. The molecule has 1 unspecified atom stereocenters. The van der Waals surface area contributed by atoms with Crippen molar-refractivity contribution in [1.82, 2.24) is 10.6 Å². The summed E-state index contributed by atoms with van der Waals surface area (Å²) in [7, 11) is 0. The lowest BCUT2D eigenvalue weighted by Crippen LogP contribution is -2.39. The topological polar surface area (TPSA) is 58.2 Å². The van der Waals surface area contributed by atoms with Crippen LogP contribution >= 0.6 is 0 Å². The van der Waals surface area contributed by atoms with Crippen LogP contribution in [-0.4, -0.2) is 24.9 Å². The van der Waals surface area contributed by atoms with Gasteiger partial charge in [-0.2, -0.15) is 0 Å². The van der Waals surface area contributed by atoms with Gasteiger partial charge in [0.15, 0.2) is 0 Å². The van der Waals surface area contributed by atoms with E-state index in [1.807, 2.05) is 44.2 Å². The summed E-state index contributed by atoms with van der Waals surface area (Å²) in [6.45, 7) is 4.64. The highest BCUT2D eigenvalue weighted by Crippen LogP contribution is 2.18. The summed E-state index contributed by atoms with van der Waals surface area (Å²) >= 11 is 0. The van der Waals surface area contributed by atoms with E-state index in [4.69, 9.17) is 0 Å². The Morgan fingerprint density at radius 3 is 2.37 bits per heavy atom. The molecule has 1 rings (SSSR count). The van der Waals surface area contributed by atoms with E-state index in [-0.39, 0.29) is 24.3 Å². The highest BCUT2D eigenvalue weighted by atomic mass is 16.2. The van der Waals surface area contributed by atoms with E-state index >= 15 is 0 Å². The van der Waals surface area contributed by atoms with Gasteiger partial charge in [-0.05, 0) is 18.4 Å². The van der Waals surface area contributed by atoms with E-state index in [2.05, 4.69) is 10.6 Å². The maximum absolute atomic E-state index is 12.1. The van der Waals surface area contributed by atoms with Crippen molar-refractivity contribution in [3.8, 4) is 0 Å². The summed E-state index contributed by atoms with van der Waals surface area (Å²) in [5, 5.41) is 5.42. The molecule has 1 aromatic carbocycles. The molecular weight excluding hydrogens is 240 g/mol. The van der Waals surface area contributed by atoms with Crippen molar-refractivity contribution in [2.45, 2.75) is 32.6 Å². The minimum absolute atomic E-state index is 0.0438. The van der Waals surface area contributed by atoms with Gasteiger partial charge in [0, 0.05) is 6.54 Å². The van der Waals surface area contributed by atoms with E-state index in [0.717, 1.165) is 12.0 Å². The predicted octanol–water partition coefficient (Wildman–Crippen LogP) is 1.82. The fourth-order valence-corrected chi connectivity index (χ4v) is 1.88. The Morgan fingerprint density at radius 2 is 1.79 bits per heavy atom. The Bertz CT molecular complexity index is 404. The van der Waals surface area contributed by atoms with Crippen LogP contribution in [0.4, 0.5) is 0 Å². The summed E-state index contributed by atoms with van der Waals surface area (Å²) in [6, 6.07) is 9.63. The summed E-state index contributed by atoms with van der Waals surface area (Å²) in [4.78, 5) is 23.5. The Balaban J connectivity index is 2.49. The van der Waals surface area contributed by atoms with E-state index in [9.17, 15) is 9.59 Å². The molecule has 0 aliphatic carbocycles. The number of amides is 2. The largest absolute Gasteiger partial charge is 0.355 e. The first-order valence-electron chi connectivity index (χ1n) is 6.78. The Labute approximate surface area is 114 Å². The first-order chi connectivity index (χ1) is 9.19. The van der Waals surface area contributed by atoms with Crippen LogP contribution in [0.15, 0.2) is 30.3 Å². The third-order valence-corrected chi connectivity index (χ3v) is 2.92. The third kappa shape index (κ3) is 5.12. The number of benzene rings is 1. The van der Waals surface area contributed by atoms with Gasteiger partial charge in [0.2, 0.25) is 11.8 Å². The molecule has 4 nitrogen and oxygen atoms in total. The van der Waals surface area contributed by atoms with Crippen molar-refractivity contribution >= 4 is 11.8 Å². The average molecular weight is 262 g/mol. The fourth-order valence-electron chi connectivity index (χ4n) is 1.88. The van der Waals surface area contributed by atoms with Crippen LogP contribution in [0.3, 0.4) is 0 Å². The first kappa shape index (κ1) is 15.2. The number of hydrogen-bond donors (Lipinski definition) is 2. The smallest absolute Gasteiger partial charge is 0.239 e. The summed E-state index contributed by atoms with van der Waals surface area (Å²) in [5.41, 5.74) is 0.983. The summed E-state index contributed by atoms with van der Waals surface area (Å²) < 4.78 is 0. The molecule has 4 heteroatoms. The van der Waals surface area contributed by atoms with Crippen LogP contribution in [-0.2, 0) is 9.59 Å². The molecule has 0 heterocycles. The van der Waals surface area contributed by atoms with Crippen LogP contribution < -0.4 is 10.6 Å². The maximum Gasteiger partial charge on any atom is 0.239 e. The maximum atomic E-state index is 12.1. The number of carbonyl (C=O) groups excluding carboxylic acids is 2. The number of hydrogen-bond acceptors (Lipinski definition) is 2. The lowest BCUT2D eigenvalue weighted by atomic mass is 9.96. The van der Waals surface area contributed by atoms with Crippen molar-refractivity contribution in [2.24, 2.45) is 0 Å². The minimum atomic E-state index is -0.194. The van der Waals surface area contributed by atoms with Crippen molar-refractivity contribution < 1.29 is 9.59 Å². The third-order valence-electron chi connectivity index (χ3n) is 2.92. The van der Waals surface area contributed by atoms with Crippen LogP contribution in [0.1, 0.15) is 38.2 Å². The molecule has 0 radical (unpaired) electrons. The van der Waals surface area contributed by atoms with Crippen LogP contribution in [0.25, 0.3) is 0 Å². The molecule has 1 aromatic rings. The second-order valence-electron chi connectivity index (χ2n) is 4.44. The Kier molecular flexibility index (Phi) is 6.64. The second kappa shape index (κ2) is 8.29. The highest BCUT2D eigenvalue weighted by Gasteiger charge is 2.18. The molecule has 0 saturated heterocycles. The van der Waals surface area contributed by atoms with E-state index < -0.39 is 0 Å². The fraction of sp³-hybridized carbons (Fsp3) is 0.467. The van der Waals surface area contributed by atoms with Gasteiger partial charge in [0.05, 0.1) is 12.5 Å². The van der Waals surface area contributed by atoms with E-state index in [0.29, 0.717) is 13.0 Å². The van der Waals surface area contributed by atoms with Crippen LogP contribution in [0.2, 0.25) is 0 Å². The lowest BCUT2D eigenvalue weighted by Gasteiger charge is -2.15. The SMILES string of the molecule is CCCNC(=O)CNC(=O)C(CC)c1ccccc1. The molecule has 104 valence electrons. The zero-order valence-electron chi connectivity index (χ0n) is 11.6. The Hall–Kier alpha value is -1.84. The van der Waals surface area contributed by atoms with Gasteiger partial charge in [-0.25, -0.2) is 0 Å². The minimum Gasteiger partial charge on any atom is -0.355 e. The normalized spacial score (nSPS) is 11.7. The van der Waals surface area contributed by atoms with Gasteiger partial charge in [0.25, 0.3) is 0 Å². The van der Waals surface area contributed by atoms with Crippen LogP contribution in [0, 0.1) is 0 Å². The second-order valence-corrected chi connectivity index (χ2v) is 4.44. The van der Waals surface area contributed by atoms with Gasteiger partial charge in [-0.15, -0.1) is 0 Å². The monoisotopic (exact) mass is 262 g/mol. The number of nitrogens with one attached hydrogen (secondary N) is 2. The molecule has 0 fully saturated rings. The van der Waals surface area contributed by atoms with Crippen molar-refractivity contribution in [1.29, 1.82) is 0 Å². The Morgan fingerprint density at radius 1 is 1.11 bits per heavy atom. The molecule has 0 saturated carbocycles. The summed E-state index contributed by atoms with van der Waals surface area (Å²) in [6.07, 6.45) is 1.60. The zero-order chi connectivity index (χ0) is 14.1. The lowest BCUT2D eigenvalue weighted by molar-refractivity contribution is -0.127. The van der Waals surface area contributed by atoms with Gasteiger partial charge >= 0.3 is 0 Å². The van der Waals surface area contributed by atoms with Crippen molar-refractivity contribution in [3.63, 3.8) is 0 Å². The van der Waals surface area contributed by atoms with Crippen molar-refractivity contribution in [3.05, 3.63) is 35.9 Å². The molecule has 0 aliphatic heterocycles. The molecule has 0 aromatic heterocycles. The average Bonchev–Trinajstić information content (AvgIpc) is 2.45. The number of rotatable bonds is 7. The standard InChI is InChI=1S/C15H22N2O2/c1-3-10-16-14(18)11-17-15(19)13(4-2)12-8-6-5-7-9-12/h5-9,13H,3-4,10-11H2,1-2H3,(H,16,18)(H,17,19). The van der Waals surface area contributed by atoms with Gasteiger partial charge < -0.3 is 10.6 Å². The number of carbonyl (C=O) groups is 2. The molecule has 0 bridgehead atoms. The zero-order valence-corrected chi connectivity index (χ0v) is 11.6. The van der Waals surface area contributed by atoms with Gasteiger partial charge in [-0.3, -0.25) is 9.59 Å². The molecule has 0 aliphatic rings. The molecule has 19 heavy (non-hydrogen) atoms. The van der Waals surface area contributed by atoms with E-state index in [1.165, 1.54) is 0 Å². The van der Waals surface area contributed by atoms with Gasteiger partial charge in [0.1, 0.15) is 0 Å². The molecular formula is C15H22N2O2. The molecule has 2 amide bonds. The highest BCUT2D eigenvalue weighted by molar-refractivity contribution is 5.88. The molecule has 2 N–H and O–H groups in total. The van der Waals surface area contributed by atoms with Gasteiger partial charge in [-0.1, -0.05) is 44.2 Å². The van der Waals surface area contributed by atoms with Crippen molar-refractivity contribution in [2.75, 3.05) is 13.1 Å². The van der Waals surface area contributed by atoms with E-state index in [1.54, 1.807) is 0 Å². The quantitative estimate of drug-likeness (QED) is 0.787. The summed E-state index contributed by atoms with van der Waals surface area (Å²) in [5.74, 6) is -0.432. The molecule has 1 atom stereocenters. The van der Waals surface area contributed by atoms with Crippen LogP contribution in [0.5, 0.6) is 0 Å². The predicted molar refractivity (Wildman–Crippen MR) is 75.8 cm³/mol. The first-order valence-corrected chi connectivity index (χ1v) is 6.78.